The lowest BCUT2D eigenvalue weighted by atomic mass is 10.2. The van der Waals surface area contributed by atoms with Crippen LogP contribution in [0.1, 0.15) is 16.1 Å². The molecule has 0 radical (unpaired) electrons. The Labute approximate surface area is 126 Å². The Morgan fingerprint density at radius 3 is 2.84 bits per heavy atom. The topological polar surface area (TPSA) is 77.5 Å². The first-order valence-electron chi connectivity index (χ1n) is 5.27. The maximum absolute atomic E-state index is 11.5. The molecule has 0 aliphatic rings. The van der Waals surface area contributed by atoms with Gasteiger partial charge in [0.15, 0.2) is 5.76 Å². The summed E-state index contributed by atoms with van der Waals surface area (Å²) in [6.45, 7) is 0.135. The molecule has 2 rings (SSSR count). The zero-order valence-electron chi connectivity index (χ0n) is 9.65. The maximum atomic E-state index is 11.5. The number of hydrogen-bond donors (Lipinski definition) is 2. The number of nitrogens with one attached hydrogen (secondary N) is 1. The third-order valence-electron chi connectivity index (χ3n) is 2.37. The van der Waals surface area contributed by atoms with Gasteiger partial charge >= 0.3 is 0 Å². The van der Waals surface area contributed by atoms with Gasteiger partial charge in [0.25, 0.3) is 5.91 Å². The monoisotopic (exact) mass is 388 g/mol. The number of nitrogen functional groups attached to an aromatic ring is 1. The smallest absolute Gasteiger partial charge is 0.268 e. The summed E-state index contributed by atoms with van der Waals surface area (Å²) in [4.78, 5) is 11.5. The first-order valence-corrected chi connectivity index (χ1v) is 6.85. The van der Waals surface area contributed by atoms with Crippen LogP contribution in [0.25, 0.3) is 0 Å². The number of nitrogens with two attached hydrogens (primary N) is 1. The van der Waals surface area contributed by atoms with Gasteiger partial charge in [-0.25, -0.2) is 5.84 Å². The van der Waals surface area contributed by atoms with E-state index in [1.165, 1.54) is 12.3 Å². The fourth-order valence-corrected chi connectivity index (χ4v) is 2.63. The molecule has 100 valence electrons. The Morgan fingerprint density at radius 2 is 2.16 bits per heavy atom. The quantitative estimate of drug-likeness (QED) is 0.478. The van der Waals surface area contributed by atoms with Crippen LogP contribution in [-0.4, -0.2) is 5.91 Å². The van der Waals surface area contributed by atoms with Crippen molar-refractivity contribution < 1.29 is 13.9 Å². The Kier molecular flexibility index (Phi) is 4.62. The van der Waals surface area contributed by atoms with E-state index in [1.807, 2.05) is 12.1 Å². The van der Waals surface area contributed by atoms with Gasteiger partial charge < -0.3 is 9.15 Å². The molecule has 19 heavy (non-hydrogen) atoms. The molecule has 0 spiro atoms. The van der Waals surface area contributed by atoms with E-state index in [-0.39, 0.29) is 6.61 Å². The second-order valence-corrected chi connectivity index (χ2v) is 5.36. The van der Waals surface area contributed by atoms with Gasteiger partial charge in [-0.3, -0.25) is 10.2 Å². The summed E-state index contributed by atoms with van der Waals surface area (Å²) in [5, 5.41) is 0. The highest BCUT2D eigenvalue weighted by atomic mass is 79.9. The van der Waals surface area contributed by atoms with Crippen LogP contribution in [0.15, 0.2) is 43.9 Å². The fourth-order valence-electron chi connectivity index (χ4n) is 1.47. The molecule has 1 aromatic carbocycles. The average Bonchev–Trinajstić information content (AvgIpc) is 2.85. The predicted molar refractivity (Wildman–Crippen MR) is 76.5 cm³/mol. The third kappa shape index (κ3) is 3.37. The van der Waals surface area contributed by atoms with Crippen LogP contribution >= 0.6 is 31.9 Å². The minimum atomic E-state index is -0.415. The molecule has 0 bridgehead atoms. The van der Waals surface area contributed by atoms with E-state index in [2.05, 4.69) is 37.3 Å². The van der Waals surface area contributed by atoms with E-state index in [4.69, 9.17) is 15.0 Å². The molecular formula is C12H10Br2N2O3. The molecule has 2 aromatic rings. The van der Waals surface area contributed by atoms with E-state index in [1.54, 1.807) is 6.07 Å². The van der Waals surface area contributed by atoms with Crippen LogP contribution in [0.4, 0.5) is 0 Å². The molecule has 0 saturated carbocycles. The first kappa shape index (κ1) is 14.1. The Bertz CT molecular complexity index is 598. The van der Waals surface area contributed by atoms with Gasteiger partial charge in [-0.15, -0.1) is 0 Å². The first-order chi connectivity index (χ1) is 9.11. The summed E-state index contributed by atoms with van der Waals surface area (Å²) in [6, 6.07) is 7.07. The number of rotatable bonds is 4. The van der Waals surface area contributed by atoms with E-state index >= 15 is 0 Å². The molecule has 1 heterocycles. The number of amides is 1. The van der Waals surface area contributed by atoms with Crippen molar-refractivity contribution in [3.63, 3.8) is 0 Å². The number of carbonyl (C=O) groups excluding carboxylic acids is 1. The molecular weight excluding hydrogens is 380 g/mol. The molecule has 7 heteroatoms. The number of halogens is 2. The Morgan fingerprint density at radius 1 is 1.37 bits per heavy atom. The highest BCUT2D eigenvalue weighted by Crippen LogP contribution is 2.29. The highest BCUT2D eigenvalue weighted by molar-refractivity contribution is 9.11. The molecule has 5 nitrogen and oxygen atoms in total. The predicted octanol–water partition coefficient (Wildman–Crippen LogP) is 2.99. The lowest BCUT2D eigenvalue weighted by Gasteiger charge is -2.08. The summed E-state index contributed by atoms with van der Waals surface area (Å²) >= 11 is 6.74. The van der Waals surface area contributed by atoms with Crippen molar-refractivity contribution in [2.75, 3.05) is 0 Å². The van der Waals surface area contributed by atoms with Crippen LogP contribution in [0.5, 0.6) is 5.75 Å². The SMILES string of the molecule is NNC(=O)c1ccoc1COc1ccc(Br)cc1Br. The summed E-state index contributed by atoms with van der Waals surface area (Å²) in [5.74, 6) is 5.74. The maximum Gasteiger partial charge on any atom is 0.268 e. The van der Waals surface area contributed by atoms with Crippen LogP contribution in [0, 0.1) is 0 Å². The van der Waals surface area contributed by atoms with Gasteiger partial charge in [0, 0.05) is 4.47 Å². The minimum Gasteiger partial charge on any atom is -0.484 e. The molecule has 3 N–H and O–H groups in total. The lowest BCUT2D eigenvalue weighted by molar-refractivity contribution is 0.0949. The normalized spacial score (nSPS) is 10.3. The zero-order chi connectivity index (χ0) is 13.8. The number of furan rings is 1. The lowest BCUT2D eigenvalue weighted by Crippen LogP contribution is -2.30. The van der Waals surface area contributed by atoms with E-state index in [9.17, 15) is 4.79 Å². The van der Waals surface area contributed by atoms with Gasteiger partial charge in [-0.2, -0.15) is 0 Å². The van der Waals surface area contributed by atoms with Gasteiger partial charge in [-0.1, -0.05) is 15.9 Å². The van der Waals surface area contributed by atoms with Crippen LogP contribution in [-0.2, 0) is 6.61 Å². The summed E-state index contributed by atoms with van der Waals surface area (Å²) in [7, 11) is 0. The Balaban J connectivity index is 2.10. The number of hydrogen-bond acceptors (Lipinski definition) is 4. The molecule has 0 aliphatic carbocycles. The molecule has 0 saturated heterocycles. The fraction of sp³-hybridized carbons (Fsp3) is 0.0833. The summed E-state index contributed by atoms with van der Waals surface area (Å²) in [5.41, 5.74) is 2.41. The van der Waals surface area contributed by atoms with Gasteiger partial charge in [0.05, 0.1) is 16.3 Å². The number of carbonyl (C=O) groups is 1. The molecule has 1 amide bonds. The summed E-state index contributed by atoms with van der Waals surface area (Å²) < 4.78 is 12.5. The Hall–Kier alpha value is -1.31. The van der Waals surface area contributed by atoms with E-state index in [0.717, 1.165) is 8.95 Å². The minimum absolute atomic E-state index is 0.135. The summed E-state index contributed by atoms with van der Waals surface area (Å²) in [6.07, 6.45) is 1.42. The van der Waals surface area contributed by atoms with Crippen LogP contribution < -0.4 is 16.0 Å². The zero-order valence-corrected chi connectivity index (χ0v) is 12.8. The number of hydrazine groups is 1. The number of ether oxygens (including phenoxy) is 1. The number of benzene rings is 1. The van der Waals surface area contributed by atoms with E-state index < -0.39 is 5.91 Å². The van der Waals surface area contributed by atoms with Gasteiger partial charge in [-0.05, 0) is 40.2 Å². The third-order valence-corrected chi connectivity index (χ3v) is 3.49. The van der Waals surface area contributed by atoms with Gasteiger partial charge in [0.1, 0.15) is 12.4 Å². The van der Waals surface area contributed by atoms with Crippen molar-refractivity contribution in [1.82, 2.24) is 5.43 Å². The van der Waals surface area contributed by atoms with Crippen molar-refractivity contribution in [1.29, 1.82) is 0 Å². The largest absolute Gasteiger partial charge is 0.484 e. The molecule has 1 aromatic heterocycles. The van der Waals surface area contributed by atoms with Crippen LogP contribution in [0.2, 0.25) is 0 Å². The second kappa shape index (κ2) is 6.23. The van der Waals surface area contributed by atoms with Crippen molar-refractivity contribution in [3.8, 4) is 5.75 Å². The van der Waals surface area contributed by atoms with Crippen molar-refractivity contribution >= 4 is 37.8 Å². The molecule has 0 unspecified atom stereocenters. The standard InChI is InChI=1S/C12H10Br2N2O3/c13-7-1-2-10(9(14)5-7)19-6-11-8(3-4-18-11)12(17)16-15/h1-5H,6,15H2,(H,16,17). The van der Waals surface area contributed by atoms with E-state index in [0.29, 0.717) is 17.1 Å². The van der Waals surface area contributed by atoms with Crippen LogP contribution in [0.3, 0.4) is 0 Å². The molecule has 0 fully saturated rings. The van der Waals surface area contributed by atoms with Crippen molar-refractivity contribution in [3.05, 3.63) is 50.8 Å². The second-order valence-electron chi connectivity index (χ2n) is 3.59. The molecule has 0 aliphatic heterocycles. The van der Waals surface area contributed by atoms with Gasteiger partial charge in [0.2, 0.25) is 0 Å². The van der Waals surface area contributed by atoms with Crippen molar-refractivity contribution in [2.24, 2.45) is 5.84 Å². The highest BCUT2D eigenvalue weighted by Gasteiger charge is 2.14. The molecule has 0 atom stereocenters. The average molecular weight is 390 g/mol. The van der Waals surface area contributed by atoms with Crippen molar-refractivity contribution in [2.45, 2.75) is 6.61 Å².